The number of halogens is 1. The molecule has 0 saturated carbocycles. The molecule has 0 spiro atoms. The number of nitrogens with zero attached hydrogens (tertiary/aromatic N) is 2. The zero-order valence-corrected chi connectivity index (χ0v) is 17.5. The van der Waals surface area contributed by atoms with Crippen LogP contribution in [0.25, 0.3) is 0 Å². The van der Waals surface area contributed by atoms with E-state index < -0.39 is 10.0 Å². The second-order valence-corrected chi connectivity index (χ2v) is 8.92. The molecule has 0 aliphatic carbocycles. The first-order chi connectivity index (χ1) is 13.8. The van der Waals surface area contributed by atoms with E-state index >= 15 is 0 Å². The van der Waals surface area contributed by atoms with Crippen molar-refractivity contribution in [3.05, 3.63) is 59.9 Å². The van der Waals surface area contributed by atoms with E-state index in [-0.39, 0.29) is 22.7 Å². The molecular weight excluding hydrogens is 393 g/mol. The summed E-state index contributed by atoms with van der Waals surface area (Å²) in [6.45, 7) is 6.12. The van der Waals surface area contributed by atoms with Crippen LogP contribution in [-0.4, -0.2) is 51.4 Å². The van der Waals surface area contributed by atoms with Gasteiger partial charge in [0.25, 0.3) is 5.91 Å². The number of piperazine rings is 1. The summed E-state index contributed by atoms with van der Waals surface area (Å²) in [5.41, 5.74) is 1.39. The first kappa shape index (κ1) is 21.3. The van der Waals surface area contributed by atoms with Gasteiger partial charge < -0.3 is 9.80 Å². The molecule has 0 bridgehead atoms. The number of nitrogens with one attached hydrogen (secondary N) is 1. The Morgan fingerprint density at radius 2 is 1.62 bits per heavy atom. The van der Waals surface area contributed by atoms with E-state index in [0.717, 1.165) is 5.69 Å². The van der Waals surface area contributed by atoms with Gasteiger partial charge in [0.15, 0.2) is 0 Å². The molecule has 1 N–H and O–H groups in total. The summed E-state index contributed by atoms with van der Waals surface area (Å²) in [6, 6.07) is 12.2. The Balaban J connectivity index is 1.62. The lowest BCUT2D eigenvalue weighted by Gasteiger charge is -2.36. The number of benzene rings is 2. The van der Waals surface area contributed by atoms with Gasteiger partial charge in [-0.3, -0.25) is 4.79 Å². The van der Waals surface area contributed by atoms with E-state index in [4.69, 9.17) is 0 Å². The predicted molar refractivity (Wildman–Crippen MR) is 111 cm³/mol. The fraction of sp³-hybridized carbons (Fsp3) is 0.381. The van der Waals surface area contributed by atoms with Crippen molar-refractivity contribution in [1.82, 2.24) is 9.62 Å². The highest BCUT2D eigenvalue weighted by molar-refractivity contribution is 7.89. The van der Waals surface area contributed by atoms with Crippen molar-refractivity contribution in [3.8, 4) is 0 Å². The number of carbonyl (C=O) groups excluding carboxylic acids is 1. The van der Waals surface area contributed by atoms with E-state index in [0.29, 0.717) is 38.2 Å². The number of sulfonamides is 1. The first-order valence-corrected chi connectivity index (χ1v) is 11.2. The largest absolute Gasteiger partial charge is 0.368 e. The maximum atomic E-state index is 13.1. The minimum atomic E-state index is -3.59. The van der Waals surface area contributed by atoms with Crippen molar-refractivity contribution in [3.63, 3.8) is 0 Å². The molecule has 8 heteroatoms. The van der Waals surface area contributed by atoms with E-state index in [2.05, 4.69) is 9.62 Å². The molecule has 1 fully saturated rings. The first-order valence-electron chi connectivity index (χ1n) is 9.72. The maximum Gasteiger partial charge on any atom is 0.253 e. The second-order valence-electron chi connectivity index (χ2n) is 7.21. The molecular formula is C21H26FN3O3S. The van der Waals surface area contributed by atoms with Gasteiger partial charge in [0, 0.05) is 43.5 Å². The third-order valence-electron chi connectivity index (χ3n) is 5.14. The smallest absolute Gasteiger partial charge is 0.253 e. The molecule has 1 aliphatic heterocycles. The molecule has 1 atom stereocenters. The zero-order valence-electron chi connectivity index (χ0n) is 16.6. The summed E-state index contributed by atoms with van der Waals surface area (Å²) >= 11 is 0. The zero-order chi connectivity index (χ0) is 21.0. The molecule has 1 saturated heterocycles. The van der Waals surface area contributed by atoms with E-state index in [1.165, 1.54) is 24.3 Å². The van der Waals surface area contributed by atoms with Gasteiger partial charge in [-0.25, -0.2) is 17.5 Å². The maximum absolute atomic E-state index is 13.1. The van der Waals surface area contributed by atoms with Gasteiger partial charge in [-0.15, -0.1) is 0 Å². The topological polar surface area (TPSA) is 69.7 Å². The number of hydrogen-bond acceptors (Lipinski definition) is 4. The van der Waals surface area contributed by atoms with Crippen LogP contribution in [0.15, 0.2) is 53.4 Å². The number of hydrogen-bond donors (Lipinski definition) is 1. The second kappa shape index (κ2) is 8.92. The van der Waals surface area contributed by atoms with Gasteiger partial charge >= 0.3 is 0 Å². The van der Waals surface area contributed by atoms with Crippen LogP contribution in [-0.2, 0) is 10.0 Å². The highest BCUT2D eigenvalue weighted by Crippen LogP contribution is 2.19. The predicted octanol–water partition coefficient (Wildman–Crippen LogP) is 2.86. The molecule has 1 aliphatic rings. The van der Waals surface area contributed by atoms with Crippen molar-refractivity contribution >= 4 is 21.6 Å². The molecule has 2 aromatic rings. The molecule has 1 amide bonds. The quantitative estimate of drug-likeness (QED) is 0.782. The molecule has 3 rings (SSSR count). The standard InChI is InChI=1S/C21H26FN3O3S/c1-3-16(2)23-29(27,28)20-10-4-17(5-11-20)21(26)25-14-12-24(13-15-25)19-8-6-18(22)7-9-19/h4-11,16,23H,3,12-15H2,1-2H3/t16-/m1/s1. The SMILES string of the molecule is CC[C@@H](C)NS(=O)(=O)c1ccc(C(=O)N2CCN(c3ccc(F)cc3)CC2)cc1. The number of amides is 1. The molecule has 2 aromatic carbocycles. The molecule has 156 valence electrons. The van der Waals surface area contributed by atoms with E-state index in [1.807, 2.05) is 6.92 Å². The van der Waals surface area contributed by atoms with Crippen LogP contribution in [0, 0.1) is 5.82 Å². The molecule has 0 unspecified atom stereocenters. The van der Waals surface area contributed by atoms with Gasteiger partial charge in [0.05, 0.1) is 4.90 Å². The Bertz CT molecular complexity index is 938. The van der Waals surface area contributed by atoms with Gasteiger partial charge in [0.1, 0.15) is 5.82 Å². The Morgan fingerprint density at radius 1 is 1.03 bits per heavy atom. The van der Waals surface area contributed by atoms with Crippen molar-refractivity contribution in [2.45, 2.75) is 31.2 Å². The fourth-order valence-electron chi connectivity index (χ4n) is 3.20. The molecule has 1 heterocycles. The van der Waals surface area contributed by atoms with Crippen LogP contribution in [0.2, 0.25) is 0 Å². The average Bonchev–Trinajstić information content (AvgIpc) is 2.73. The summed E-state index contributed by atoms with van der Waals surface area (Å²) in [5.74, 6) is -0.394. The van der Waals surface area contributed by atoms with E-state index in [9.17, 15) is 17.6 Å². The minimum Gasteiger partial charge on any atom is -0.368 e. The third-order valence-corrected chi connectivity index (χ3v) is 6.74. The Labute approximate surface area is 171 Å². The highest BCUT2D eigenvalue weighted by Gasteiger charge is 2.23. The summed E-state index contributed by atoms with van der Waals surface area (Å²) < 4.78 is 40.4. The van der Waals surface area contributed by atoms with Crippen molar-refractivity contribution in [2.75, 3.05) is 31.1 Å². The van der Waals surface area contributed by atoms with Gasteiger partial charge in [-0.05, 0) is 61.9 Å². The van der Waals surface area contributed by atoms with Gasteiger partial charge in [-0.1, -0.05) is 6.92 Å². The monoisotopic (exact) mass is 419 g/mol. The lowest BCUT2D eigenvalue weighted by molar-refractivity contribution is 0.0746. The number of anilines is 1. The van der Waals surface area contributed by atoms with E-state index in [1.54, 1.807) is 36.1 Å². The summed E-state index contributed by atoms with van der Waals surface area (Å²) in [4.78, 5) is 16.8. The van der Waals surface area contributed by atoms with Crippen molar-refractivity contribution < 1.29 is 17.6 Å². The molecule has 6 nitrogen and oxygen atoms in total. The van der Waals surface area contributed by atoms with Crippen LogP contribution in [0.4, 0.5) is 10.1 Å². The average molecular weight is 420 g/mol. The summed E-state index contributed by atoms with van der Waals surface area (Å²) in [6.07, 6.45) is 0.694. The lowest BCUT2D eigenvalue weighted by atomic mass is 10.1. The summed E-state index contributed by atoms with van der Waals surface area (Å²) in [7, 11) is -3.59. The van der Waals surface area contributed by atoms with Crippen LogP contribution < -0.4 is 9.62 Å². The fourth-order valence-corrected chi connectivity index (χ4v) is 4.52. The van der Waals surface area contributed by atoms with Crippen LogP contribution in [0.5, 0.6) is 0 Å². The van der Waals surface area contributed by atoms with Crippen LogP contribution >= 0.6 is 0 Å². The molecule has 29 heavy (non-hydrogen) atoms. The molecule has 0 aromatic heterocycles. The highest BCUT2D eigenvalue weighted by atomic mass is 32.2. The number of carbonyl (C=O) groups is 1. The minimum absolute atomic E-state index is 0.123. The van der Waals surface area contributed by atoms with Crippen LogP contribution in [0.1, 0.15) is 30.6 Å². The Morgan fingerprint density at radius 3 is 2.17 bits per heavy atom. The van der Waals surface area contributed by atoms with Gasteiger partial charge in [0.2, 0.25) is 10.0 Å². The van der Waals surface area contributed by atoms with Gasteiger partial charge in [-0.2, -0.15) is 0 Å². The molecule has 0 radical (unpaired) electrons. The lowest BCUT2D eigenvalue weighted by Crippen LogP contribution is -2.48. The number of rotatable bonds is 6. The summed E-state index contributed by atoms with van der Waals surface area (Å²) in [5, 5.41) is 0. The Kier molecular flexibility index (Phi) is 6.54. The van der Waals surface area contributed by atoms with Crippen molar-refractivity contribution in [2.24, 2.45) is 0 Å². The third kappa shape index (κ3) is 5.13. The normalized spacial score (nSPS) is 16.0. The Hall–Kier alpha value is -2.45. The van der Waals surface area contributed by atoms with Crippen molar-refractivity contribution in [1.29, 1.82) is 0 Å². The van der Waals surface area contributed by atoms with Crippen LogP contribution in [0.3, 0.4) is 0 Å².